The average molecular weight is 158 g/mol. The predicted molar refractivity (Wildman–Crippen MR) is 49.9 cm³/mol. The number of dihydropyridines is 2. The van der Waals surface area contributed by atoms with Gasteiger partial charge < -0.3 is 10.6 Å². The fourth-order valence-electron chi connectivity index (χ4n) is 1.12. The van der Waals surface area contributed by atoms with Crippen LogP contribution in [0.15, 0.2) is 60.3 Å². The molecule has 2 N–H and O–H groups in total. The second-order valence-corrected chi connectivity index (χ2v) is 2.55. The maximum Gasteiger partial charge on any atom is 0.0618 e. The van der Waals surface area contributed by atoms with Gasteiger partial charge in [0.05, 0.1) is 11.4 Å². The normalized spacial score (nSPS) is 25.3. The molecule has 0 saturated heterocycles. The summed E-state index contributed by atoms with van der Waals surface area (Å²) in [5.74, 6) is 0. The first kappa shape index (κ1) is 6.98. The number of hydrogen-bond donors (Lipinski definition) is 2. The van der Waals surface area contributed by atoms with Crippen molar-refractivity contribution in [2.45, 2.75) is 0 Å². The van der Waals surface area contributed by atoms with E-state index in [2.05, 4.69) is 10.6 Å². The van der Waals surface area contributed by atoms with E-state index in [1.807, 2.05) is 48.9 Å². The van der Waals surface area contributed by atoms with E-state index in [0.29, 0.717) is 0 Å². The van der Waals surface area contributed by atoms with Crippen LogP contribution in [0.4, 0.5) is 0 Å². The monoisotopic (exact) mass is 158 g/mol. The van der Waals surface area contributed by atoms with Crippen molar-refractivity contribution >= 4 is 0 Å². The van der Waals surface area contributed by atoms with Crippen molar-refractivity contribution in [2.24, 2.45) is 0 Å². The Bertz CT molecular complexity index is 285. The van der Waals surface area contributed by atoms with E-state index in [9.17, 15) is 0 Å². The van der Waals surface area contributed by atoms with Crippen LogP contribution in [-0.4, -0.2) is 0 Å². The highest BCUT2D eigenvalue weighted by Crippen LogP contribution is 2.07. The molecule has 0 saturated carbocycles. The van der Waals surface area contributed by atoms with Crippen molar-refractivity contribution in [1.82, 2.24) is 10.6 Å². The maximum absolute atomic E-state index is 3.15. The molecule has 0 radical (unpaired) electrons. The molecule has 0 unspecified atom stereocenters. The van der Waals surface area contributed by atoms with Crippen LogP contribution in [0.1, 0.15) is 0 Å². The van der Waals surface area contributed by atoms with E-state index >= 15 is 0 Å². The first-order chi connectivity index (χ1) is 5.97. The molecule has 2 aliphatic heterocycles. The van der Waals surface area contributed by atoms with Gasteiger partial charge in [-0.25, -0.2) is 0 Å². The van der Waals surface area contributed by atoms with Gasteiger partial charge in [0.1, 0.15) is 0 Å². The highest BCUT2D eigenvalue weighted by atomic mass is 14.9. The summed E-state index contributed by atoms with van der Waals surface area (Å²) in [6.07, 6.45) is 15.8. The number of allylic oxidation sites excluding steroid dienone is 6. The second-order valence-electron chi connectivity index (χ2n) is 2.55. The van der Waals surface area contributed by atoms with Gasteiger partial charge >= 0.3 is 0 Å². The van der Waals surface area contributed by atoms with Crippen molar-refractivity contribution < 1.29 is 0 Å². The molecular formula is C10H10N2. The zero-order chi connectivity index (χ0) is 8.23. The minimum absolute atomic E-state index is 1.10. The Labute approximate surface area is 71.7 Å². The molecule has 0 amide bonds. The second kappa shape index (κ2) is 3.13. The first-order valence-electron chi connectivity index (χ1n) is 3.90. The van der Waals surface area contributed by atoms with Crippen LogP contribution in [0.2, 0.25) is 0 Å². The number of hydrogen-bond acceptors (Lipinski definition) is 2. The largest absolute Gasteiger partial charge is 0.360 e. The fourth-order valence-corrected chi connectivity index (χ4v) is 1.12. The van der Waals surface area contributed by atoms with Crippen molar-refractivity contribution in [3.05, 3.63) is 60.3 Å². The lowest BCUT2D eigenvalue weighted by molar-refractivity contribution is 0.988. The summed E-state index contributed by atoms with van der Waals surface area (Å²) in [6, 6.07) is 0. The summed E-state index contributed by atoms with van der Waals surface area (Å²) in [5, 5.41) is 6.31. The quantitative estimate of drug-likeness (QED) is 0.559. The van der Waals surface area contributed by atoms with E-state index in [1.54, 1.807) is 0 Å². The SMILES string of the molecule is C1=CN/C(=C2/C=CC=CN2)C=C1. The topological polar surface area (TPSA) is 24.1 Å². The van der Waals surface area contributed by atoms with Gasteiger partial charge in [-0.15, -0.1) is 0 Å². The summed E-state index contributed by atoms with van der Waals surface area (Å²) < 4.78 is 0. The predicted octanol–water partition coefficient (Wildman–Crippen LogP) is 1.54. The summed E-state index contributed by atoms with van der Waals surface area (Å²) in [4.78, 5) is 0. The van der Waals surface area contributed by atoms with Crippen molar-refractivity contribution in [2.75, 3.05) is 0 Å². The summed E-state index contributed by atoms with van der Waals surface area (Å²) in [5.41, 5.74) is 2.19. The third kappa shape index (κ3) is 1.32. The minimum Gasteiger partial charge on any atom is -0.360 e. The van der Waals surface area contributed by atoms with Crippen LogP contribution in [0.3, 0.4) is 0 Å². The highest BCUT2D eigenvalue weighted by molar-refractivity contribution is 5.39. The van der Waals surface area contributed by atoms with Crippen LogP contribution in [0, 0.1) is 0 Å². The van der Waals surface area contributed by atoms with Gasteiger partial charge in [0.2, 0.25) is 0 Å². The lowest BCUT2D eigenvalue weighted by Gasteiger charge is -2.12. The molecule has 2 heterocycles. The Kier molecular flexibility index (Phi) is 1.82. The molecular weight excluding hydrogens is 148 g/mol. The smallest absolute Gasteiger partial charge is 0.0618 e. The maximum atomic E-state index is 3.15. The van der Waals surface area contributed by atoms with Crippen LogP contribution >= 0.6 is 0 Å². The van der Waals surface area contributed by atoms with E-state index < -0.39 is 0 Å². The number of nitrogens with one attached hydrogen (secondary N) is 2. The van der Waals surface area contributed by atoms with Crippen molar-refractivity contribution in [1.29, 1.82) is 0 Å². The zero-order valence-electron chi connectivity index (χ0n) is 6.62. The van der Waals surface area contributed by atoms with E-state index in [0.717, 1.165) is 11.4 Å². The van der Waals surface area contributed by atoms with E-state index in [4.69, 9.17) is 0 Å². The minimum atomic E-state index is 1.10. The number of rotatable bonds is 0. The average Bonchev–Trinajstić information content (AvgIpc) is 2.21. The molecule has 0 aromatic rings. The lowest BCUT2D eigenvalue weighted by Crippen LogP contribution is -2.15. The van der Waals surface area contributed by atoms with Gasteiger partial charge in [-0.05, 0) is 24.3 Å². The van der Waals surface area contributed by atoms with Gasteiger partial charge in [-0.1, -0.05) is 12.2 Å². The molecule has 2 aliphatic rings. The van der Waals surface area contributed by atoms with Crippen molar-refractivity contribution in [3.8, 4) is 0 Å². The Morgan fingerprint density at radius 3 is 1.50 bits per heavy atom. The highest BCUT2D eigenvalue weighted by Gasteiger charge is 2.00. The first-order valence-corrected chi connectivity index (χ1v) is 3.90. The van der Waals surface area contributed by atoms with Gasteiger partial charge in [0, 0.05) is 12.4 Å². The molecule has 0 aliphatic carbocycles. The molecule has 2 nitrogen and oxygen atoms in total. The van der Waals surface area contributed by atoms with E-state index in [-0.39, 0.29) is 0 Å². The third-order valence-electron chi connectivity index (χ3n) is 1.71. The molecule has 0 bridgehead atoms. The molecule has 60 valence electrons. The fraction of sp³-hybridized carbons (Fsp3) is 0. The zero-order valence-corrected chi connectivity index (χ0v) is 6.62. The molecule has 0 aromatic carbocycles. The Balaban J connectivity index is 2.25. The van der Waals surface area contributed by atoms with Gasteiger partial charge in [-0.3, -0.25) is 0 Å². The van der Waals surface area contributed by atoms with Gasteiger partial charge in [-0.2, -0.15) is 0 Å². The van der Waals surface area contributed by atoms with Crippen LogP contribution in [0.25, 0.3) is 0 Å². The van der Waals surface area contributed by atoms with Crippen LogP contribution in [0.5, 0.6) is 0 Å². The molecule has 2 heteroatoms. The molecule has 0 atom stereocenters. The summed E-state index contributed by atoms with van der Waals surface area (Å²) >= 11 is 0. The summed E-state index contributed by atoms with van der Waals surface area (Å²) in [6.45, 7) is 0. The lowest BCUT2D eigenvalue weighted by atomic mass is 10.2. The van der Waals surface area contributed by atoms with Crippen LogP contribution in [-0.2, 0) is 0 Å². The van der Waals surface area contributed by atoms with Crippen molar-refractivity contribution in [3.63, 3.8) is 0 Å². The Hall–Kier alpha value is -1.70. The molecule has 12 heavy (non-hydrogen) atoms. The summed E-state index contributed by atoms with van der Waals surface area (Å²) in [7, 11) is 0. The third-order valence-corrected chi connectivity index (χ3v) is 1.71. The Morgan fingerprint density at radius 1 is 0.667 bits per heavy atom. The molecule has 2 rings (SSSR count). The van der Waals surface area contributed by atoms with Gasteiger partial charge in [0.15, 0.2) is 0 Å². The van der Waals surface area contributed by atoms with Gasteiger partial charge in [0.25, 0.3) is 0 Å². The van der Waals surface area contributed by atoms with Crippen LogP contribution < -0.4 is 10.6 Å². The molecule has 0 spiro atoms. The molecule has 0 fully saturated rings. The van der Waals surface area contributed by atoms with E-state index in [1.165, 1.54) is 0 Å². The standard InChI is InChI=1S/C10H10N2/c1-3-7-11-9(5-1)10-6-2-4-8-12-10/h1-8,11-12H/b10-9-. The Morgan fingerprint density at radius 2 is 1.17 bits per heavy atom. The molecule has 0 aromatic heterocycles.